The zero-order valence-electron chi connectivity index (χ0n) is 64.0. The number of hydrogen-bond acceptors (Lipinski definition) is 4. The molecule has 0 aromatic heterocycles. The van der Waals surface area contributed by atoms with E-state index in [0.717, 1.165) is 79.4 Å². The minimum atomic E-state index is 1.09. The zero-order chi connectivity index (χ0) is 77.4. The standard InChI is InChI=1S/C62H44N2.C50H36N2/c1-3-13-45(14-4-1)46-25-35-54(36-26-46)63(53-19-5-2-6-20-53)55-37-27-47(28-38-55)48-29-39-56(40-30-48)64(57-41-31-51(32-42-57)61-23-11-17-49-15-7-9-21-59(49)61)58-43-33-52(34-44-58)62-24-12-18-50-16-8-10-22-60(50)62;1-5-17-37(18-6-1)39-29-33-43(34-30-39)51(41-21-9-3-10-22-41)49-45-25-13-15-27-47(45)50(48-28-16-14-26-46(48)49)52(42-23-11-4-12-24-42)44-35-31-40(32-36-44)38-19-7-2-8-20-38/h1-44H;1-36H. The van der Waals surface area contributed by atoms with Crippen molar-refractivity contribution in [2.24, 2.45) is 0 Å². The van der Waals surface area contributed by atoms with Gasteiger partial charge in [-0.15, -0.1) is 0 Å². The molecule has 4 heteroatoms. The van der Waals surface area contributed by atoms with Gasteiger partial charge in [-0.1, -0.05) is 364 Å². The van der Waals surface area contributed by atoms with Gasteiger partial charge in [0.25, 0.3) is 0 Å². The molecule has 0 aliphatic carbocycles. The fourth-order valence-electron chi connectivity index (χ4n) is 16.4. The molecule has 0 aliphatic rings. The predicted octanol–water partition coefficient (Wildman–Crippen LogP) is 31.9. The second kappa shape index (κ2) is 32.5. The average molecular weight is 1480 g/mol. The smallest absolute Gasteiger partial charge is 0.0619 e. The van der Waals surface area contributed by atoms with Gasteiger partial charge in [-0.05, 0) is 210 Å². The van der Waals surface area contributed by atoms with E-state index in [1.54, 1.807) is 0 Å². The van der Waals surface area contributed by atoms with Crippen LogP contribution in [0.25, 0.3) is 110 Å². The van der Waals surface area contributed by atoms with Gasteiger partial charge in [0.1, 0.15) is 0 Å². The van der Waals surface area contributed by atoms with Crippen molar-refractivity contribution in [3.8, 4) is 66.8 Å². The Labute approximate surface area is 678 Å². The molecule has 0 fully saturated rings. The summed E-state index contributed by atoms with van der Waals surface area (Å²) in [4.78, 5) is 9.51. The number of para-hydroxylation sites is 3. The van der Waals surface area contributed by atoms with Gasteiger partial charge in [-0.2, -0.15) is 0 Å². The lowest BCUT2D eigenvalue weighted by atomic mass is 9.95. The number of nitrogens with zero attached hydrogens (tertiary/aromatic N) is 4. The van der Waals surface area contributed by atoms with Gasteiger partial charge in [0, 0.05) is 78.4 Å². The van der Waals surface area contributed by atoms with Crippen molar-refractivity contribution in [1.29, 1.82) is 0 Å². The van der Waals surface area contributed by atoms with E-state index in [1.807, 2.05) is 0 Å². The lowest BCUT2D eigenvalue weighted by molar-refractivity contribution is 1.28. The molecule has 0 N–H and O–H groups in total. The second-order valence-electron chi connectivity index (χ2n) is 29.1. The van der Waals surface area contributed by atoms with Crippen LogP contribution in [0.2, 0.25) is 0 Å². The fraction of sp³-hybridized carbons (Fsp3) is 0. The molecule has 0 atom stereocenters. The number of rotatable bonds is 18. The Morgan fingerprint density at radius 1 is 0.103 bits per heavy atom. The van der Waals surface area contributed by atoms with Crippen LogP contribution in [0.15, 0.2) is 485 Å². The number of benzene rings is 20. The molecule has 0 heterocycles. The Morgan fingerprint density at radius 2 is 0.276 bits per heavy atom. The summed E-state index contributed by atoms with van der Waals surface area (Å²) in [5.74, 6) is 0. The number of anilines is 12. The van der Waals surface area contributed by atoms with Crippen molar-refractivity contribution in [1.82, 2.24) is 0 Å². The van der Waals surface area contributed by atoms with Crippen molar-refractivity contribution >= 4 is 111 Å². The van der Waals surface area contributed by atoms with Crippen molar-refractivity contribution < 1.29 is 0 Å². The summed E-state index contributed by atoms with van der Waals surface area (Å²) in [6, 6.07) is 174. The maximum Gasteiger partial charge on any atom is 0.0619 e. The summed E-state index contributed by atoms with van der Waals surface area (Å²) in [6.07, 6.45) is 0. The van der Waals surface area contributed by atoms with E-state index in [9.17, 15) is 0 Å². The van der Waals surface area contributed by atoms with Crippen LogP contribution in [-0.2, 0) is 0 Å². The third kappa shape index (κ3) is 14.5. The first-order valence-corrected chi connectivity index (χ1v) is 39.7. The molecule has 116 heavy (non-hydrogen) atoms. The number of fused-ring (bicyclic) bond motifs is 4. The van der Waals surface area contributed by atoms with Crippen LogP contribution in [0.1, 0.15) is 0 Å². The Balaban J connectivity index is 0.000000158. The summed E-state index contributed by atoms with van der Waals surface area (Å²) in [7, 11) is 0. The van der Waals surface area contributed by atoms with Gasteiger partial charge in [-0.3, -0.25) is 0 Å². The van der Waals surface area contributed by atoms with E-state index in [4.69, 9.17) is 0 Å². The number of hydrogen-bond donors (Lipinski definition) is 0. The largest absolute Gasteiger partial charge is 0.311 e. The van der Waals surface area contributed by atoms with E-state index in [1.165, 1.54) is 98.7 Å². The molecule has 20 rings (SSSR count). The van der Waals surface area contributed by atoms with Gasteiger partial charge in [0.15, 0.2) is 0 Å². The summed E-state index contributed by atoms with van der Waals surface area (Å²) >= 11 is 0. The first-order chi connectivity index (χ1) is 57.6. The van der Waals surface area contributed by atoms with E-state index in [0.29, 0.717) is 0 Å². The molecule has 0 saturated heterocycles. The van der Waals surface area contributed by atoms with Crippen molar-refractivity contribution in [3.05, 3.63) is 485 Å². The van der Waals surface area contributed by atoms with Crippen molar-refractivity contribution in [2.75, 3.05) is 19.6 Å². The van der Waals surface area contributed by atoms with Crippen LogP contribution >= 0.6 is 0 Å². The first-order valence-electron chi connectivity index (χ1n) is 39.7. The molecular weight excluding hydrogens is 1400 g/mol. The highest BCUT2D eigenvalue weighted by Crippen LogP contribution is 2.52. The average Bonchev–Trinajstić information content (AvgIpc) is 0.722. The van der Waals surface area contributed by atoms with Gasteiger partial charge in [-0.25, -0.2) is 0 Å². The molecule has 4 nitrogen and oxygen atoms in total. The predicted molar refractivity (Wildman–Crippen MR) is 494 cm³/mol. The third-order valence-corrected chi connectivity index (χ3v) is 22.1. The molecule has 0 amide bonds. The lowest BCUT2D eigenvalue weighted by Gasteiger charge is -2.33. The maximum atomic E-state index is 2.42. The van der Waals surface area contributed by atoms with Crippen LogP contribution in [-0.4, -0.2) is 0 Å². The van der Waals surface area contributed by atoms with Gasteiger partial charge in [0.2, 0.25) is 0 Å². The van der Waals surface area contributed by atoms with Crippen LogP contribution in [0.4, 0.5) is 68.2 Å². The topological polar surface area (TPSA) is 13.0 Å². The molecule has 548 valence electrons. The molecule has 0 aliphatic heterocycles. The van der Waals surface area contributed by atoms with E-state index in [2.05, 4.69) is 505 Å². The molecule has 0 saturated carbocycles. The van der Waals surface area contributed by atoms with E-state index in [-0.39, 0.29) is 0 Å². The Morgan fingerprint density at radius 3 is 0.534 bits per heavy atom. The Bertz CT molecular complexity index is 6360. The highest BCUT2D eigenvalue weighted by Gasteiger charge is 2.26. The highest BCUT2D eigenvalue weighted by molar-refractivity contribution is 6.23. The Kier molecular flexibility index (Phi) is 19.9. The minimum Gasteiger partial charge on any atom is -0.311 e. The summed E-state index contributed by atoms with van der Waals surface area (Å²) in [6.45, 7) is 0. The second-order valence-corrected chi connectivity index (χ2v) is 29.1. The molecular formula is C112H80N4. The molecule has 0 bridgehead atoms. The molecule has 20 aromatic rings. The third-order valence-electron chi connectivity index (χ3n) is 22.1. The van der Waals surface area contributed by atoms with Crippen LogP contribution in [0.3, 0.4) is 0 Å². The Hall–Kier alpha value is -15.4. The summed E-state index contributed by atoms with van der Waals surface area (Å²) in [5, 5.41) is 9.70. The quantitative estimate of drug-likeness (QED) is 0.0627. The van der Waals surface area contributed by atoms with Crippen molar-refractivity contribution in [2.45, 2.75) is 0 Å². The molecule has 20 aromatic carbocycles. The van der Waals surface area contributed by atoms with Gasteiger partial charge < -0.3 is 19.6 Å². The minimum absolute atomic E-state index is 1.09. The summed E-state index contributed by atoms with van der Waals surface area (Å²) < 4.78 is 0. The maximum absolute atomic E-state index is 2.42. The molecule has 0 unspecified atom stereocenters. The molecule has 0 spiro atoms. The first kappa shape index (κ1) is 71.0. The van der Waals surface area contributed by atoms with Gasteiger partial charge in [0.05, 0.1) is 11.4 Å². The molecule has 0 radical (unpaired) electrons. The lowest BCUT2D eigenvalue weighted by Crippen LogP contribution is -2.14. The zero-order valence-corrected chi connectivity index (χ0v) is 64.0. The van der Waals surface area contributed by atoms with Gasteiger partial charge >= 0.3 is 0 Å². The SMILES string of the molecule is c1ccc(-c2ccc(N(c3ccccc3)c3c4ccccc4c(N(c4ccccc4)c4ccc(-c5ccccc5)cc4)c4ccccc34)cc2)cc1.c1ccc(-c2ccc(N(c3ccccc3)c3ccc(-c4ccc(N(c5ccc(-c6cccc7ccccc67)cc5)c5ccc(-c6cccc7ccccc67)cc5)cc4)cc3)cc2)cc1. The highest BCUT2D eigenvalue weighted by atomic mass is 15.2. The van der Waals surface area contributed by atoms with Crippen molar-refractivity contribution in [3.63, 3.8) is 0 Å². The fourth-order valence-corrected chi connectivity index (χ4v) is 16.4. The normalized spacial score (nSPS) is 11.1. The van der Waals surface area contributed by atoms with Crippen LogP contribution < -0.4 is 19.6 Å². The monoisotopic (exact) mass is 1480 g/mol. The van der Waals surface area contributed by atoms with Crippen LogP contribution in [0.5, 0.6) is 0 Å². The van der Waals surface area contributed by atoms with E-state index >= 15 is 0 Å². The van der Waals surface area contributed by atoms with Crippen LogP contribution in [0, 0.1) is 0 Å². The summed E-state index contributed by atoms with van der Waals surface area (Å²) in [5.41, 5.74) is 27.7. The van der Waals surface area contributed by atoms with E-state index < -0.39 is 0 Å².